The number of aromatic nitrogens is 12. The predicted molar refractivity (Wildman–Crippen MR) is 542 cm³/mol. The molecular weight excluding hydrogens is 1630 g/mol. The summed E-state index contributed by atoms with van der Waals surface area (Å²) in [6.07, 6.45) is 10.7. The highest BCUT2D eigenvalue weighted by Crippen LogP contribution is 2.49. The SMILES string of the molecule is c1ccc(-c2c(-n3c4ccccc4c4cc(-n5c6ccccc6c6ccccc65)ccc43)ccc3c2sc2nccnc23)cc1.c1ccc(-c2cc3c(cc2-n2c4ccccc4c4cc(-n5c6ccccc6c6ccccc65)ccc42)sc2nccnc23)cc1.c1ccc2c(c1)c1ccccc1n2-c1cc2sc3nccnc3c2cc1-n1c2ccccc2c2ccccc21. The Morgan fingerprint density at radius 2 is 0.465 bits per heavy atom. The minimum atomic E-state index is 0.952. The minimum Gasteiger partial charge on any atom is -0.309 e. The van der Waals surface area contributed by atoms with E-state index < -0.39 is 0 Å². The molecule has 15 heteroatoms. The third kappa shape index (κ3) is 11.2. The van der Waals surface area contributed by atoms with Gasteiger partial charge in [0.2, 0.25) is 0 Å². The molecule has 0 fully saturated rings. The predicted octanol–water partition coefficient (Wildman–Crippen LogP) is 30.5. The topological polar surface area (TPSA) is 107 Å². The van der Waals surface area contributed by atoms with Crippen LogP contribution in [0.4, 0.5) is 0 Å². The second-order valence-corrected chi connectivity index (χ2v) is 35.9. The number of nitrogens with zero attached hydrogens (tertiary/aromatic N) is 12. The number of thiophene rings is 3. The maximum absolute atomic E-state index is 4.74. The lowest BCUT2D eigenvalue weighted by molar-refractivity contribution is 1.10. The standard InChI is InChI=1S/2C40H24N4S.C34H20N4S/c1-2-10-25(11-3-1)37-36(21-19-30-38-40(45-39(30)37)42-23-22-41-38)44-34-17-9-6-14-29(34)31-24-26(18-20-35(31)44)43-32-15-7-4-12-27(32)28-13-5-8-16-33(28)43;1-2-10-25(11-3-1)30-23-32-38(45-40-39(32)41-20-21-42-40)24-37(30)44-35-17-9-6-14-29(35)31-22-26(18-19-36(31)44)43-33-15-7-4-12-27(33)28-13-5-8-16-34(28)43;1-5-13-26-21(9-1)22-10-2-6-14-27(22)37(26)30-19-25-32(39-34-33(25)35-17-18-36-34)20-31(30)38-28-15-7-3-11-23(28)24-12-4-8-16-29(24)38/h2*1-24H;1-20H. The first-order chi connectivity index (χ1) is 64.0. The fourth-order valence-electron chi connectivity index (χ4n) is 20.5. The van der Waals surface area contributed by atoms with E-state index in [2.05, 4.69) is 418 Å². The van der Waals surface area contributed by atoms with Crippen LogP contribution in [0.25, 0.3) is 249 Å². The lowest BCUT2D eigenvalue weighted by Gasteiger charge is -2.17. The van der Waals surface area contributed by atoms with Crippen LogP contribution in [0, 0.1) is 0 Å². The first kappa shape index (κ1) is 72.9. The average Bonchev–Trinajstić information content (AvgIpc) is 1.57. The lowest BCUT2D eigenvalue weighted by Crippen LogP contribution is -2.03. The molecule has 0 aliphatic rings. The van der Waals surface area contributed by atoms with E-state index in [1.54, 1.807) is 71.2 Å². The van der Waals surface area contributed by atoms with Gasteiger partial charge in [-0.25, -0.2) is 15.0 Å². The summed E-state index contributed by atoms with van der Waals surface area (Å²) in [5, 5.41) is 18.4. The third-order valence-electron chi connectivity index (χ3n) is 25.9. The van der Waals surface area contributed by atoms with E-state index in [0.717, 1.165) is 81.3 Å². The molecule has 129 heavy (non-hydrogen) atoms. The van der Waals surface area contributed by atoms with Crippen molar-refractivity contribution in [2.45, 2.75) is 0 Å². The van der Waals surface area contributed by atoms with Crippen molar-refractivity contribution in [2.75, 3.05) is 0 Å². The molecule has 0 aliphatic carbocycles. The average molecular weight is 1700 g/mol. The van der Waals surface area contributed by atoms with Crippen LogP contribution < -0.4 is 0 Å². The summed E-state index contributed by atoms with van der Waals surface area (Å²) in [5.41, 5.74) is 28.8. The molecule has 0 amide bonds. The number of benzene rings is 17. The summed E-state index contributed by atoms with van der Waals surface area (Å²) in [6, 6.07) is 136. The highest BCUT2D eigenvalue weighted by atomic mass is 32.1. The van der Waals surface area contributed by atoms with Gasteiger partial charge in [-0.05, 0) is 145 Å². The van der Waals surface area contributed by atoms with Crippen molar-refractivity contribution in [2.24, 2.45) is 0 Å². The van der Waals surface area contributed by atoms with Crippen LogP contribution in [0.3, 0.4) is 0 Å². The van der Waals surface area contributed by atoms with Crippen molar-refractivity contribution >= 4 is 226 Å². The van der Waals surface area contributed by atoms with E-state index in [0.29, 0.717) is 0 Å². The van der Waals surface area contributed by atoms with Crippen LogP contribution in [0.5, 0.6) is 0 Å². The monoisotopic (exact) mass is 1700 g/mol. The number of fused-ring (bicyclic) bond motifs is 27. The van der Waals surface area contributed by atoms with Gasteiger partial charge in [0.15, 0.2) is 0 Å². The molecule has 0 radical (unpaired) electrons. The highest BCUT2D eigenvalue weighted by Gasteiger charge is 2.27. The van der Waals surface area contributed by atoms with Crippen LogP contribution in [-0.2, 0) is 0 Å². The van der Waals surface area contributed by atoms with Crippen molar-refractivity contribution in [3.05, 3.63) is 413 Å². The smallest absolute Gasteiger partial charge is 0.143 e. The Morgan fingerprint density at radius 1 is 0.178 bits per heavy atom. The summed E-state index contributed by atoms with van der Waals surface area (Å²) >= 11 is 5.12. The van der Waals surface area contributed by atoms with Gasteiger partial charge in [0, 0.05) is 155 Å². The van der Waals surface area contributed by atoms with Gasteiger partial charge in [-0.3, -0.25) is 15.0 Å². The summed E-state index contributed by atoms with van der Waals surface area (Å²) < 4.78 is 18.1. The molecular formula is C114H68N12S3. The molecule has 12 heterocycles. The van der Waals surface area contributed by atoms with E-state index in [9.17, 15) is 0 Å². The number of hydrogen-bond acceptors (Lipinski definition) is 9. The molecule has 17 aromatic carbocycles. The van der Waals surface area contributed by atoms with Gasteiger partial charge in [-0.1, -0.05) is 243 Å². The zero-order chi connectivity index (χ0) is 84.5. The zero-order valence-corrected chi connectivity index (χ0v) is 71.3. The molecule has 29 aromatic rings. The fourth-order valence-corrected chi connectivity index (χ4v) is 23.7. The van der Waals surface area contributed by atoms with Gasteiger partial charge < -0.3 is 27.4 Å². The van der Waals surface area contributed by atoms with E-state index in [-0.39, 0.29) is 0 Å². The quantitative estimate of drug-likeness (QED) is 0.150. The van der Waals surface area contributed by atoms with Crippen molar-refractivity contribution in [3.63, 3.8) is 0 Å². The van der Waals surface area contributed by atoms with Crippen LogP contribution in [0.1, 0.15) is 0 Å². The largest absolute Gasteiger partial charge is 0.309 e. The molecule has 0 saturated heterocycles. The van der Waals surface area contributed by atoms with E-state index in [1.807, 2.05) is 0 Å². The molecule has 0 saturated carbocycles. The van der Waals surface area contributed by atoms with Gasteiger partial charge in [0.05, 0.1) is 88.9 Å². The molecule has 0 atom stereocenters. The highest BCUT2D eigenvalue weighted by molar-refractivity contribution is 7.26. The van der Waals surface area contributed by atoms with E-state index in [1.165, 1.54) is 167 Å². The summed E-state index contributed by atoms with van der Waals surface area (Å²) in [5.74, 6) is 0. The molecule has 602 valence electrons. The van der Waals surface area contributed by atoms with Gasteiger partial charge in [0.25, 0.3) is 0 Å². The minimum absolute atomic E-state index is 0.952. The Hall–Kier alpha value is -16.6. The summed E-state index contributed by atoms with van der Waals surface area (Å²) in [4.78, 5) is 31.0. The maximum Gasteiger partial charge on any atom is 0.143 e. The van der Waals surface area contributed by atoms with Gasteiger partial charge in [-0.2, -0.15) is 0 Å². The first-order valence-electron chi connectivity index (χ1n) is 43.2. The normalized spacial score (nSPS) is 12.0. The van der Waals surface area contributed by atoms with Crippen LogP contribution in [-0.4, -0.2) is 57.3 Å². The Kier molecular flexibility index (Phi) is 16.4. The van der Waals surface area contributed by atoms with Crippen molar-refractivity contribution in [1.82, 2.24) is 57.3 Å². The number of hydrogen-bond donors (Lipinski definition) is 0. The van der Waals surface area contributed by atoms with Crippen LogP contribution in [0.15, 0.2) is 413 Å². The molecule has 12 nitrogen and oxygen atoms in total. The third-order valence-corrected chi connectivity index (χ3v) is 29.2. The second-order valence-electron chi connectivity index (χ2n) is 32.8. The molecule has 29 rings (SSSR count). The molecule has 0 spiro atoms. The van der Waals surface area contributed by atoms with Crippen molar-refractivity contribution < 1.29 is 0 Å². The zero-order valence-electron chi connectivity index (χ0n) is 68.9. The Labute approximate surface area is 747 Å². The van der Waals surface area contributed by atoms with E-state index >= 15 is 0 Å². The Balaban J connectivity index is 0.000000100. The maximum atomic E-state index is 4.74. The molecule has 0 unspecified atom stereocenters. The summed E-state index contributed by atoms with van der Waals surface area (Å²) in [6.45, 7) is 0. The van der Waals surface area contributed by atoms with Crippen LogP contribution >= 0.6 is 34.0 Å². The fraction of sp³-hybridized carbons (Fsp3) is 0. The molecule has 0 aliphatic heterocycles. The van der Waals surface area contributed by atoms with Gasteiger partial charge >= 0.3 is 0 Å². The molecule has 0 bridgehead atoms. The van der Waals surface area contributed by atoms with Crippen LogP contribution in [0.2, 0.25) is 0 Å². The number of rotatable bonds is 8. The molecule has 0 N–H and O–H groups in total. The molecule has 12 aromatic heterocycles. The van der Waals surface area contributed by atoms with E-state index in [4.69, 9.17) is 15.0 Å². The Morgan fingerprint density at radius 3 is 0.860 bits per heavy atom. The van der Waals surface area contributed by atoms with Gasteiger partial charge in [-0.15, -0.1) is 34.0 Å². The van der Waals surface area contributed by atoms with Gasteiger partial charge in [0.1, 0.15) is 31.0 Å². The van der Waals surface area contributed by atoms with Crippen molar-refractivity contribution in [3.8, 4) is 56.4 Å². The lowest BCUT2D eigenvalue weighted by atomic mass is 10.0. The van der Waals surface area contributed by atoms with Crippen molar-refractivity contribution in [1.29, 1.82) is 0 Å². The number of para-hydroxylation sites is 10. The second kappa shape index (κ2) is 29.0. The first-order valence-corrected chi connectivity index (χ1v) is 45.6. The Bertz CT molecular complexity index is 9240. The summed E-state index contributed by atoms with van der Waals surface area (Å²) in [7, 11) is 0.